The van der Waals surface area contributed by atoms with Gasteiger partial charge in [-0.2, -0.15) is 0 Å². The summed E-state index contributed by atoms with van der Waals surface area (Å²) in [5, 5.41) is 3.80. The maximum atomic E-state index is 5.19. The molecule has 0 aliphatic carbocycles. The molecular formula is C15H25NO. The summed E-state index contributed by atoms with van der Waals surface area (Å²) in [5.41, 5.74) is 1.31. The molecule has 0 spiro atoms. The van der Waals surface area contributed by atoms with Crippen LogP contribution in [-0.2, 0) is 0 Å². The molecule has 2 nitrogen and oxygen atoms in total. The maximum Gasteiger partial charge on any atom is 0.0950 e. The SMILES string of the molecule is CC(C)CC[C@@H]1N[C@H](c2ccoc2)CC[C@H]1C. The smallest absolute Gasteiger partial charge is 0.0950 e. The van der Waals surface area contributed by atoms with Gasteiger partial charge in [-0.15, -0.1) is 0 Å². The standard InChI is InChI=1S/C15H25NO/c1-11(2)4-6-14-12(3)5-7-15(16-14)13-8-9-17-10-13/h8-12,14-16H,4-7H2,1-3H3/t12-,14+,15+/m1/s1. The molecular weight excluding hydrogens is 210 g/mol. The molecule has 96 valence electrons. The van der Waals surface area contributed by atoms with E-state index in [1.165, 1.54) is 31.2 Å². The minimum absolute atomic E-state index is 0.502. The van der Waals surface area contributed by atoms with Gasteiger partial charge in [-0.05, 0) is 43.6 Å². The Morgan fingerprint density at radius 3 is 2.88 bits per heavy atom. The first-order valence-electron chi connectivity index (χ1n) is 6.95. The Kier molecular flexibility index (Phi) is 4.27. The average Bonchev–Trinajstić information content (AvgIpc) is 2.81. The van der Waals surface area contributed by atoms with Gasteiger partial charge >= 0.3 is 0 Å². The van der Waals surface area contributed by atoms with Gasteiger partial charge in [0.1, 0.15) is 0 Å². The lowest BCUT2D eigenvalue weighted by atomic mass is 9.84. The van der Waals surface area contributed by atoms with Gasteiger partial charge in [-0.1, -0.05) is 20.8 Å². The van der Waals surface area contributed by atoms with E-state index < -0.39 is 0 Å². The highest BCUT2D eigenvalue weighted by Crippen LogP contribution is 2.31. The highest BCUT2D eigenvalue weighted by atomic mass is 16.3. The Morgan fingerprint density at radius 1 is 1.41 bits per heavy atom. The number of hydrogen-bond acceptors (Lipinski definition) is 2. The van der Waals surface area contributed by atoms with Gasteiger partial charge in [0.2, 0.25) is 0 Å². The summed E-state index contributed by atoms with van der Waals surface area (Å²) in [7, 11) is 0. The number of rotatable bonds is 4. The van der Waals surface area contributed by atoms with Crippen LogP contribution in [0.5, 0.6) is 0 Å². The first-order chi connectivity index (χ1) is 8.16. The van der Waals surface area contributed by atoms with Crippen molar-refractivity contribution >= 4 is 0 Å². The third-order valence-corrected chi connectivity index (χ3v) is 4.01. The molecule has 0 amide bonds. The van der Waals surface area contributed by atoms with E-state index in [2.05, 4.69) is 32.2 Å². The van der Waals surface area contributed by atoms with Crippen LogP contribution in [0.4, 0.5) is 0 Å². The molecule has 0 radical (unpaired) electrons. The Bertz CT molecular complexity index is 318. The van der Waals surface area contributed by atoms with Crippen LogP contribution in [0.15, 0.2) is 23.0 Å². The van der Waals surface area contributed by atoms with Crippen LogP contribution in [0, 0.1) is 11.8 Å². The quantitative estimate of drug-likeness (QED) is 0.848. The minimum atomic E-state index is 0.502. The Hall–Kier alpha value is -0.760. The van der Waals surface area contributed by atoms with E-state index in [0.29, 0.717) is 12.1 Å². The topological polar surface area (TPSA) is 25.2 Å². The lowest BCUT2D eigenvalue weighted by Crippen LogP contribution is -2.42. The van der Waals surface area contributed by atoms with Crippen molar-refractivity contribution in [2.24, 2.45) is 11.8 Å². The fourth-order valence-electron chi connectivity index (χ4n) is 2.75. The second-order valence-electron chi connectivity index (χ2n) is 5.91. The molecule has 1 aliphatic heterocycles. The molecule has 3 atom stereocenters. The van der Waals surface area contributed by atoms with Crippen molar-refractivity contribution in [2.45, 2.75) is 58.5 Å². The van der Waals surface area contributed by atoms with Crippen LogP contribution in [0.1, 0.15) is 58.1 Å². The molecule has 1 aromatic heterocycles. The van der Waals surface area contributed by atoms with Gasteiger partial charge in [-0.25, -0.2) is 0 Å². The van der Waals surface area contributed by atoms with Crippen LogP contribution in [0.25, 0.3) is 0 Å². The highest BCUT2D eigenvalue weighted by molar-refractivity contribution is 5.13. The van der Waals surface area contributed by atoms with E-state index in [1.807, 2.05) is 6.26 Å². The molecule has 2 heterocycles. The van der Waals surface area contributed by atoms with Crippen molar-refractivity contribution in [3.8, 4) is 0 Å². The molecule has 1 aliphatic rings. The second kappa shape index (κ2) is 5.72. The van der Waals surface area contributed by atoms with Crippen LogP contribution in [0.2, 0.25) is 0 Å². The first-order valence-corrected chi connectivity index (χ1v) is 6.95. The molecule has 1 fully saturated rings. The van der Waals surface area contributed by atoms with Gasteiger partial charge in [0, 0.05) is 17.6 Å². The van der Waals surface area contributed by atoms with Crippen LogP contribution < -0.4 is 5.32 Å². The summed E-state index contributed by atoms with van der Waals surface area (Å²) >= 11 is 0. The number of furan rings is 1. The van der Waals surface area contributed by atoms with Gasteiger partial charge in [0.15, 0.2) is 0 Å². The average molecular weight is 235 g/mol. The summed E-state index contributed by atoms with van der Waals surface area (Å²) < 4.78 is 5.19. The van der Waals surface area contributed by atoms with Crippen molar-refractivity contribution in [1.82, 2.24) is 5.32 Å². The van der Waals surface area contributed by atoms with E-state index >= 15 is 0 Å². The molecule has 0 unspecified atom stereocenters. The van der Waals surface area contributed by atoms with Gasteiger partial charge in [0.25, 0.3) is 0 Å². The maximum absolute atomic E-state index is 5.19. The van der Waals surface area contributed by atoms with Crippen LogP contribution >= 0.6 is 0 Å². The zero-order valence-electron chi connectivity index (χ0n) is 11.3. The van der Waals surface area contributed by atoms with E-state index in [-0.39, 0.29) is 0 Å². The molecule has 0 bridgehead atoms. The van der Waals surface area contributed by atoms with E-state index in [1.54, 1.807) is 6.26 Å². The summed E-state index contributed by atoms with van der Waals surface area (Å²) in [6.07, 6.45) is 8.84. The minimum Gasteiger partial charge on any atom is -0.472 e. The van der Waals surface area contributed by atoms with E-state index in [4.69, 9.17) is 4.42 Å². The zero-order valence-corrected chi connectivity index (χ0v) is 11.3. The predicted molar refractivity (Wildman–Crippen MR) is 70.8 cm³/mol. The zero-order chi connectivity index (χ0) is 12.3. The van der Waals surface area contributed by atoms with Gasteiger partial charge in [-0.3, -0.25) is 0 Å². The number of nitrogens with one attached hydrogen (secondary N) is 1. The first kappa shape index (κ1) is 12.7. The van der Waals surface area contributed by atoms with Gasteiger partial charge < -0.3 is 9.73 Å². The van der Waals surface area contributed by atoms with Crippen molar-refractivity contribution in [3.05, 3.63) is 24.2 Å². The normalized spacial score (nSPS) is 29.8. The van der Waals surface area contributed by atoms with Crippen molar-refractivity contribution in [3.63, 3.8) is 0 Å². The van der Waals surface area contributed by atoms with E-state index in [0.717, 1.165) is 11.8 Å². The van der Waals surface area contributed by atoms with Crippen LogP contribution in [-0.4, -0.2) is 6.04 Å². The lowest BCUT2D eigenvalue weighted by molar-refractivity contribution is 0.226. The van der Waals surface area contributed by atoms with Gasteiger partial charge in [0.05, 0.1) is 12.5 Å². The van der Waals surface area contributed by atoms with Crippen LogP contribution in [0.3, 0.4) is 0 Å². The molecule has 2 heteroatoms. The largest absolute Gasteiger partial charge is 0.472 e. The monoisotopic (exact) mass is 235 g/mol. The highest BCUT2D eigenvalue weighted by Gasteiger charge is 2.27. The molecule has 1 N–H and O–H groups in total. The molecule has 17 heavy (non-hydrogen) atoms. The Balaban J connectivity index is 1.92. The third kappa shape index (κ3) is 3.35. The summed E-state index contributed by atoms with van der Waals surface area (Å²) in [6.45, 7) is 6.99. The van der Waals surface area contributed by atoms with E-state index in [9.17, 15) is 0 Å². The molecule has 0 aromatic carbocycles. The number of hydrogen-bond donors (Lipinski definition) is 1. The number of piperidine rings is 1. The van der Waals surface area contributed by atoms with Crippen molar-refractivity contribution in [1.29, 1.82) is 0 Å². The van der Waals surface area contributed by atoms with Crippen molar-refractivity contribution in [2.75, 3.05) is 0 Å². The van der Waals surface area contributed by atoms with Crippen molar-refractivity contribution < 1.29 is 4.42 Å². The second-order valence-corrected chi connectivity index (χ2v) is 5.91. The fraction of sp³-hybridized carbons (Fsp3) is 0.733. The Labute approximate surface area is 105 Å². The summed E-state index contributed by atoms with van der Waals surface area (Å²) in [4.78, 5) is 0. The lowest BCUT2D eigenvalue weighted by Gasteiger charge is -2.36. The molecule has 0 saturated carbocycles. The molecule has 1 aromatic rings. The summed E-state index contributed by atoms with van der Waals surface area (Å²) in [6, 6.07) is 3.26. The predicted octanol–water partition coefficient (Wildman–Crippen LogP) is 4.15. The fourth-order valence-corrected chi connectivity index (χ4v) is 2.75. The molecule has 2 rings (SSSR count). The third-order valence-electron chi connectivity index (χ3n) is 4.01. The summed E-state index contributed by atoms with van der Waals surface area (Å²) in [5.74, 6) is 1.61. The Morgan fingerprint density at radius 2 is 2.24 bits per heavy atom. The molecule has 1 saturated heterocycles.